The molecule has 2 aromatic carbocycles. The van der Waals surface area contributed by atoms with Crippen molar-refractivity contribution >= 4 is 33.4 Å². The van der Waals surface area contributed by atoms with Gasteiger partial charge in [-0.15, -0.1) is 0 Å². The first-order chi connectivity index (χ1) is 19.3. The average Bonchev–Trinajstić information content (AvgIpc) is 2.85. The van der Waals surface area contributed by atoms with Gasteiger partial charge in [0.15, 0.2) is 0 Å². The zero-order valence-electron chi connectivity index (χ0n) is 22.2. The highest BCUT2D eigenvalue weighted by Gasteiger charge is 2.62. The standard InChI is InChI=1S/C25H24ClF7N4O4S/c1-13-8-14(4-5-17(13)22(38)34-16-11-37(12-16)42(39,40)36(2)3)20-6-7-23(41-35-20,25(31,32)33)18-9-15(24(28,29)30)10-19(26)21(18)27/h4-5,8-10,16H,6-7,11-12H2,1-3H3,(H,34,38). The molecular weight excluding hydrogens is 621 g/mol. The number of alkyl halides is 6. The number of rotatable bonds is 6. The molecule has 17 heteroatoms. The van der Waals surface area contributed by atoms with Gasteiger partial charge in [0.2, 0.25) is 0 Å². The molecule has 2 aromatic rings. The summed E-state index contributed by atoms with van der Waals surface area (Å²) >= 11 is 5.53. The maximum absolute atomic E-state index is 14.8. The third-order valence-corrected chi connectivity index (χ3v) is 9.20. The van der Waals surface area contributed by atoms with E-state index in [-0.39, 0.29) is 42.1 Å². The molecule has 1 N–H and O–H groups in total. The van der Waals surface area contributed by atoms with Crippen molar-refractivity contribution in [3.8, 4) is 0 Å². The predicted octanol–water partition coefficient (Wildman–Crippen LogP) is 5.00. The highest BCUT2D eigenvalue weighted by Crippen LogP contribution is 2.50. The molecule has 1 amide bonds. The molecule has 0 aromatic heterocycles. The van der Waals surface area contributed by atoms with E-state index in [2.05, 4.69) is 10.5 Å². The molecule has 0 aliphatic carbocycles. The maximum Gasteiger partial charge on any atom is 0.435 e. The van der Waals surface area contributed by atoms with Gasteiger partial charge >= 0.3 is 12.4 Å². The fourth-order valence-electron chi connectivity index (χ4n) is 4.60. The summed E-state index contributed by atoms with van der Waals surface area (Å²) in [5.74, 6) is -2.21. The number of hydrogen-bond acceptors (Lipinski definition) is 5. The van der Waals surface area contributed by atoms with Gasteiger partial charge in [-0.3, -0.25) is 4.79 Å². The van der Waals surface area contributed by atoms with E-state index in [1.165, 1.54) is 36.6 Å². The molecule has 8 nitrogen and oxygen atoms in total. The summed E-state index contributed by atoms with van der Waals surface area (Å²) in [6.45, 7) is 1.72. The SMILES string of the molecule is Cc1cc(C2=NOC(c3cc(C(F)(F)F)cc(Cl)c3F)(C(F)(F)F)CC2)ccc1C(=O)NC1CN(S(=O)(=O)N(C)C)C1. The summed E-state index contributed by atoms with van der Waals surface area (Å²) in [6.07, 6.45) is -11.9. The van der Waals surface area contributed by atoms with Crippen LogP contribution < -0.4 is 5.32 Å². The minimum absolute atomic E-state index is 0.00746. The normalized spacial score (nSPS) is 20.6. The van der Waals surface area contributed by atoms with Gasteiger partial charge in [0.05, 0.1) is 22.3 Å². The van der Waals surface area contributed by atoms with Crippen molar-refractivity contribution in [1.29, 1.82) is 0 Å². The quantitative estimate of drug-likeness (QED) is 0.449. The summed E-state index contributed by atoms with van der Waals surface area (Å²) in [5.41, 5.74) is -5.65. The van der Waals surface area contributed by atoms with Gasteiger partial charge < -0.3 is 10.2 Å². The molecular formula is C25H24ClF7N4O4S. The first-order valence-corrected chi connectivity index (χ1v) is 14.0. The Bertz CT molecular complexity index is 1540. The van der Waals surface area contributed by atoms with Crippen LogP contribution in [0.3, 0.4) is 0 Å². The number of aryl methyl sites for hydroxylation is 1. The van der Waals surface area contributed by atoms with Crippen LogP contribution in [0.5, 0.6) is 0 Å². The number of hydrogen-bond donors (Lipinski definition) is 1. The van der Waals surface area contributed by atoms with Gasteiger partial charge in [-0.05, 0) is 48.7 Å². The highest BCUT2D eigenvalue weighted by atomic mass is 35.5. The smallest absolute Gasteiger partial charge is 0.374 e. The topological polar surface area (TPSA) is 91.3 Å². The second-order valence-corrected chi connectivity index (χ2v) is 12.6. The molecule has 230 valence electrons. The van der Waals surface area contributed by atoms with Crippen LogP contribution in [0.25, 0.3) is 0 Å². The molecule has 1 fully saturated rings. The van der Waals surface area contributed by atoms with E-state index in [1.807, 2.05) is 0 Å². The molecule has 2 aliphatic heterocycles. The van der Waals surface area contributed by atoms with E-state index in [0.29, 0.717) is 5.56 Å². The Labute approximate surface area is 241 Å². The maximum atomic E-state index is 14.8. The Morgan fingerprint density at radius 2 is 1.79 bits per heavy atom. The minimum atomic E-state index is -5.36. The van der Waals surface area contributed by atoms with Gasteiger partial charge in [-0.25, -0.2) is 4.39 Å². The van der Waals surface area contributed by atoms with E-state index in [4.69, 9.17) is 16.4 Å². The number of amides is 1. The van der Waals surface area contributed by atoms with Crippen LogP contribution in [0.2, 0.25) is 5.02 Å². The molecule has 1 saturated heterocycles. The molecule has 0 bridgehead atoms. The van der Waals surface area contributed by atoms with Crippen molar-refractivity contribution in [2.24, 2.45) is 5.16 Å². The summed E-state index contributed by atoms with van der Waals surface area (Å²) < 4.78 is 124. The zero-order valence-corrected chi connectivity index (χ0v) is 23.8. The third kappa shape index (κ3) is 5.81. The van der Waals surface area contributed by atoms with Gasteiger partial charge in [0.1, 0.15) is 5.82 Å². The second kappa shape index (κ2) is 11.0. The van der Waals surface area contributed by atoms with Crippen molar-refractivity contribution in [2.75, 3.05) is 27.2 Å². The first kappa shape index (κ1) is 32.0. The molecule has 1 atom stereocenters. The van der Waals surface area contributed by atoms with E-state index >= 15 is 0 Å². The van der Waals surface area contributed by atoms with Crippen molar-refractivity contribution in [3.05, 3.63) is 69.0 Å². The Balaban J connectivity index is 1.55. The number of nitrogens with zero attached hydrogens (tertiary/aromatic N) is 3. The lowest BCUT2D eigenvalue weighted by molar-refractivity contribution is -0.292. The summed E-state index contributed by atoms with van der Waals surface area (Å²) in [7, 11) is -0.836. The van der Waals surface area contributed by atoms with Gasteiger partial charge in [-0.2, -0.15) is 43.4 Å². The van der Waals surface area contributed by atoms with Crippen LogP contribution in [0, 0.1) is 12.7 Å². The molecule has 4 rings (SSSR count). The highest BCUT2D eigenvalue weighted by molar-refractivity contribution is 7.86. The predicted molar refractivity (Wildman–Crippen MR) is 138 cm³/mol. The van der Waals surface area contributed by atoms with Crippen LogP contribution in [0.4, 0.5) is 30.7 Å². The number of oxime groups is 1. The molecule has 2 heterocycles. The third-order valence-electron chi connectivity index (χ3n) is 7.05. The fraction of sp³-hybridized carbons (Fsp3) is 0.440. The number of carbonyl (C=O) groups is 1. The van der Waals surface area contributed by atoms with Crippen molar-refractivity contribution < 1.29 is 48.8 Å². The molecule has 0 saturated carbocycles. The Hall–Kier alpha value is -2.95. The summed E-state index contributed by atoms with van der Waals surface area (Å²) in [4.78, 5) is 17.6. The summed E-state index contributed by atoms with van der Waals surface area (Å²) in [5, 5.41) is 5.09. The van der Waals surface area contributed by atoms with E-state index in [0.717, 1.165) is 4.31 Å². The zero-order chi connectivity index (χ0) is 31.4. The minimum Gasteiger partial charge on any atom is -0.374 e. The Kier molecular flexibility index (Phi) is 8.34. The molecule has 0 spiro atoms. The van der Waals surface area contributed by atoms with Gasteiger partial charge in [-0.1, -0.05) is 22.8 Å². The largest absolute Gasteiger partial charge is 0.435 e. The van der Waals surface area contributed by atoms with Crippen molar-refractivity contribution in [2.45, 2.75) is 43.8 Å². The Morgan fingerprint density at radius 3 is 2.29 bits per heavy atom. The van der Waals surface area contributed by atoms with E-state index in [9.17, 15) is 43.9 Å². The molecule has 1 unspecified atom stereocenters. The second-order valence-electron chi connectivity index (χ2n) is 10.1. The van der Waals surface area contributed by atoms with Crippen LogP contribution in [0.1, 0.15) is 45.5 Å². The number of benzene rings is 2. The van der Waals surface area contributed by atoms with Gasteiger partial charge in [0, 0.05) is 44.7 Å². The number of halogens is 8. The van der Waals surface area contributed by atoms with Crippen LogP contribution in [-0.2, 0) is 26.8 Å². The lowest BCUT2D eigenvalue weighted by Crippen LogP contribution is -2.62. The van der Waals surface area contributed by atoms with E-state index < -0.39 is 74.9 Å². The monoisotopic (exact) mass is 644 g/mol. The van der Waals surface area contributed by atoms with E-state index in [1.54, 1.807) is 6.92 Å². The lowest BCUT2D eigenvalue weighted by atomic mass is 9.84. The molecule has 42 heavy (non-hydrogen) atoms. The van der Waals surface area contributed by atoms with Gasteiger partial charge in [0.25, 0.3) is 21.7 Å². The number of carbonyl (C=O) groups excluding carboxylic acids is 1. The van der Waals surface area contributed by atoms with Crippen LogP contribution in [-0.4, -0.2) is 68.1 Å². The van der Waals surface area contributed by atoms with Crippen LogP contribution >= 0.6 is 11.6 Å². The molecule has 0 radical (unpaired) electrons. The average molecular weight is 645 g/mol. The first-order valence-electron chi connectivity index (χ1n) is 12.3. The van der Waals surface area contributed by atoms with Crippen molar-refractivity contribution in [3.63, 3.8) is 0 Å². The Morgan fingerprint density at radius 1 is 1.14 bits per heavy atom. The number of nitrogens with one attached hydrogen (secondary N) is 1. The summed E-state index contributed by atoms with van der Waals surface area (Å²) in [6, 6.07) is 4.04. The fourth-order valence-corrected chi connectivity index (χ4v) is 6.02. The van der Waals surface area contributed by atoms with Crippen molar-refractivity contribution in [1.82, 2.24) is 13.9 Å². The van der Waals surface area contributed by atoms with Crippen LogP contribution in [0.15, 0.2) is 35.5 Å². The molecule has 2 aliphatic rings. The lowest BCUT2D eigenvalue weighted by Gasteiger charge is -2.39.